The van der Waals surface area contributed by atoms with Gasteiger partial charge in [0.2, 0.25) is 5.89 Å². The van der Waals surface area contributed by atoms with Gasteiger partial charge in [0, 0.05) is 6.54 Å². The van der Waals surface area contributed by atoms with Gasteiger partial charge < -0.3 is 19.1 Å². The number of benzene rings is 1. The first-order chi connectivity index (χ1) is 14.5. The van der Waals surface area contributed by atoms with Crippen molar-refractivity contribution in [2.24, 2.45) is 0 Å². The van der Waals surface area contributed by atoms with E-state index in [0.717, 1.165) is 30.4 Å². The molecule has 7 nitrogen and oxygen atoms in total. The van der Waals surface area contributed by atoms with E-state index in [4.69, 9.17) is 9.31 Å². The van der Waals surface area contributed by atoms with Crippen LogP contribution in [0.4, 0.5) is 13.2 Å². The lowest BCUT2D eigenvalue weighted by Crippen LogP contribution is -2.41. The second-order valence-electron chi connectivity index (χ2n) is 9.50. The van der Waals surface area contributed by atoms with E-state index in [2.05, 4.69) is 20.0 Å². The predicted octanol–water partition coefficient (Wildman–Crippen LogP) is 3.45. The molecule has 0 spiro atoms. The molecule has 0 atom stereocenters. The topological polar surface area (TPSA) is 86.5 Å². The lowest BCUT2D eigenvalue weighted by molar-refractivity contribution is -0.186. The fourth-order valence-corrected chi connectivity index (χ4v) is 2.99. The summed E-state index contributed by atoms with van der Waals surface area (Å²) in [6, 6.07) is 5.61. The summed E-state index contributed by atoms with van der Waals surface area (Å²) in [6.07, 6.45) is -4.59. The van der Waals surface area contributed by atoms with Gasteiger partial charge in [-0.25, -0.2) is 0 Å². The standard InChI is InChI=1S/C21H27BF3N3O4/c1-12-10-14(22-31-19(4,5)20(6,7)32-22)9-8-13(12)11-26-16(29)15-27-17(30-28-15)18(2,3)21(23,24)25/h8-10H,11H2,1-7H3,(H,26,29). The zero-order valence-corrected chi connectivity index (χ0v) is 19.2. The van der Waals surface area contributed by atoms with Gasteiger partial charge >= 0.3 is 13.3 Å². The fourth-order valence-electron chi connectivity index (χ4n) is 2.99. The lowest BCUT2D eigenvalue weighted by atomic mass is 9.78. The molecule has 1 amide bonds. The number of amides is 1. The van der Waals surface area contributed by atoms with Gasteiger partial charge in [0.05, 0.1) is 11.2 Å². The SMILES string of the molecule is Cc1cc(B2OC(C)(C)C(C)(C)O2)ccc1CNC(=O)c1noc(C(C)(C)C(F)(F)F)n1. The number of aromatic nitrogens is 2. The molecular formula is C21H27BF3N3O4. The molecule has 1 aliphatic rings. The van der Waals surface area contributed by atoms with Crippen LogP contribution in [0.3, 0.4) is 0 Å². The molecule has 1 fully saturated rings. The minimum Gasteiger partial charge on any atom is -0.399 e. The molecule has 1 N–H and O–H groups in total. The summed E-state index contributed by atoms with van der Waals surface area (Å²) < 4.78 is 56.2. The van der Waals surface area contributed by atoms with Gasteiger partial charge in [-0.15, -0.1) is 0 Å². The average molecular weight is 453 g/mol. The molecule has 3 rings (SSSR count). The minimum absolute atomic E-state index is 0.140. The highest BCUT2D eigenvalue weighted by Crippen LogP contribution is 2.39. The van der Waals surface area contributed by atoms with E-state index in [1.54, 1.807) is 0 Å². The molecule has 0 saturated carbocycles. The molecular weight excluding hydrogens is 426 g/mol. The third-order valence-corrected chi connectivity index (χ3v) is 6.20. The molecule has 2 aromatic rings. The van der Waals surface area contributed by atoms with Crippen LogP contribution in [0.5, 0.6) is 0 Å². The predicted molar refractivity (Wildman–Crippen MR) is 111 cm³/mol. The van der Waals surface area contributed by atoms with Crippen molar-refractivity contribution < 1.29 is 31.8 Å². The van der Waals surface area contributed by atoms with E-state index in [1.165, 1.54) is 0 Å². The number of hydrogen-bond acceptors (Lipinski definition) is 6. The molecule has 0 unspecified atom stereocenters. The molecule has 0 bridgehead atoms. The zero-order chi connectivity index (χ0) is 24.1. The van der Waals surface area contributed by atoms with Crippen molar-refractivity contribution in [3.8, 4) is 0 Å². The van der Waals surface area contributed by atoms with Crippen molar-refractivity contribution in [1.82, 2.24) is 15.5 Å². The summed E-state index contributed by atoms with van der Waals surface area (Å²) in [5.41, 5.74) is -0.709. The van der Waals surface area contributed by atoms with E-state index in [9.17, 15) is 18.0 Å². The molecule has 1 aromatic heterocycles. The van der Waals surface area contributed by atoms with Crippen molar-refractivity contribution in [3.05, 3.63) is 41.0 Å². The van der Waals surface area contributed by atoms with Gasteiger partial charge in [-0.05, 0) is 65.1 Å². The molecule has 1 saturated heterocycles. The van der Waals surface area contributed by atoms with Crippen molar-refractivity contribution in [1.29, 1.82) is 0 Å². The number of rotatable bonds is 5. The molecule has 11 heteroatoms. The van der Waals surface area contributed by atoms with Gasteiger partial charge in [0.25, 0.3) is 11.7 Å². The zero-order valence-electron chi connectivity index (χ0n) is 19.2. The van der Waals surface area contributed by atoms with Crippen molar-refractivity contribution >= 4 is 18.5 Å². The molecule has 0 aliphatic carbocycles. The van der Waals surface area contributed by atoms with E-state index in [1.807, 2.05) is 52.8 Å². The van der Waals surface area contributed by atoms with Crippen LogP contribution >= 0.6 is 0 Å². The van der Waals surface area contributed by atoms with Crippen LogP contribution in [-0.2, 0) is 21.3 Å². The van der Waals surface area contributed by atoms with Gasteiger partial charge in [-0.1, -0.05) is 23.4 Å². The Morgan fingerprint density at radius 1 is 1.12 bits per heavy atom. The molecule has 0 radical (unpaired) electrons. The lowest BCUT2D eigenvalue weighted by Gasteiger charge is -2.32. The first-order valence-electron chi connectivity index (χ1n) is 10.2. The summed E-state index contributed by atoms with van der Waals surface area (Å²) in [7, 11) is -0.503. The van der Waals surface area contributed by atoms with Crippen LogP contribution in [0.15, 0.2) is 22.7 Å². The number of alkyl halides is 3. The Bertz CT molecular complexity index is 1000. The quantitative estimate of drug-likeness (QED) is 0.699. The van der Waals surface area contributed by atoms with E-state index in [-0.39, 0.29) is 6.54 Å². The molecule has 2 heterocycles. The maximum absolute atomic E-state index is 13.1. The summed E-state index contributed by atoms with van der Waals surface area (Å²) in [5.74, 6) is -1.85. The van der Waals surface area contributed by atoms with Crippen LogP contribution in [0, 0.1) is 6.92 Å². The monoisotopic (exact) mass is 453 g/mol. The number of carbonyl (C=O) groups is 1. The van der Waals surface area contributed by atoms with Gasteiger partial charge in [0.15, 0.2) is 0 Å². The second-order valence-corrected chi connectivity index (χ2v) is 9.50. The largest absolute Gasteiger partial charge is 0.494 e. The van der Waals surface area contributed by atoms with E-state index < -0.39 is 47.5 Å². The molecule has 174 valence electrons. The highest BCUT2D eigenvalue weighted by Gasteiger charge is 2.53. The van der Waals surface area contributed by atoms with Crippen LogP contribution in [-0.4, -0.2) is 40.5 Å². The maximum atomic E-state index is 13.1. The Labute approximate surface area is 185 Å². The van der Waals surface area contributed by atoms with E-state index in [0.29, 0.717) is 0 Å². The Morgan fingerprint density at radius 2 is 1.72 bits per heavy atom. The van der Waals surface area contributed by atoms with Crippen molar-refractivity contribution in [2.45, 2.75) is 77.8 Å². The smallest absolute Gasteiger partial charge is 0.399 e. The molecule has 1 aliphatic heterocycles. The Kier molecular flexibility index (Phi) is 5.97. The third kappa shape index (κ3) is 4.40. The highest BCUT2D eigenvalue weighted by molar-refractivity contribution is 6.62. The Balaban J connectivity index is 1.66. The number of aryl methyl sites for hydroxylation is 1. The fraction of sp³-hybridized carbons (Fsp3) is 0.571. The second kappa shape index (κ2) is 7.88. The number of hydrogen-bond donors (Lipinski definition) is 1. The van der Waals surface area contributed by atoms with Crippen LogP contribution < -0.4 is 10.8 Å². The average Bonchev–Trinajstić information content (AvgIpc) is 3.23. The summed E-state index contributed by atoms with van der Waals surface area (Å²) >= 11 is 0. The van der Waals surface area contributed by atoms with Crippen LogP contribution in [0.2, 0.25) is 0 Å². The van der Waals surface area contributed by atoms with Gasteiger partial charge in [0.1, 0.15) is 5.41 Å². The number of nitrogens with zero attached hydrogens (tertiary/aromatic N) is 2. The number of carbonyl (C=O) groups excluding carboxylic acids is 1. The maximum Gasteiger partial charge on any atom is 0.494 e. The normalized spacial score (nSPS) is 18.1. The first-order valence-corrected chi connectivity index (χ1v) is 10.2. The Hall–Kier alpha value is -2.40. The first kappa shape index (κ1) is 24.3. The summed E-state index contributed by atoms with van der Waals surface area (Å²) in [4.78, 5) is 16.0. The molecule has 1 aromatic carbocycles. The summed E-state index contributed by atoms with van der Waals surface area (Å²) in [6.45, 7) is 11.7. The number of halogens is 3. The summed E-state index contributed by atoms with van der Waals surface area (Å²) in [5, 5.41) is 6.00. The van der Waals surface area contributed by atoms with E-state index >= 15 is 0 Å². The minimum atomic E-state index is -4.59. The highest BCUT2D eigenvalue weighted by atomic mass is 19.4. The van der Waals surface area contributed by atoms with Crippen LogP contribution in [0.25, 0.3) is 0 Å². The van der Waals surface area contributed by atoms with Crippen molar-refractivity contribution in [3.63, 3.8) is 0 Å². The number of nitrogens with one attached hydrogen (secondary N) is 1. The van der Waals surface area contributed by atoms with Gasteiger partial charge in [-0.2, -0.15) is 18.2 Å². The van der Waals surface area contributed by atoms with Crippen LogP contribution in [0.1, 0.15) is 69.2 Å². The Morgan fingerprint density at radius 3 is 2.25 bits per heavy atom. The molecule has 32 heavy (non-hydrogen) atoms. The van der Waals surface area contributed by atoms with Crippen molar-refractivity contribution in [2.75, 3.05) is 0 Å². The van der Waals surface area contributed by atoms with Gasteiger partial charge in [-0.3, -0.25) is 4.79 Å². The third-order valence-electron chi connectivity index (χ3n) is 6.20.